The van der Waals surface area contributed by atoms with Gasteiger partial charge in [0.05, 0.1) is 0 Å². The largest absolute Gasteiger partial charge is 0.335 e. The molecule has 4 nitrogen and oxygen atoms in total. The van der Waals surface area contributed by atoms with E-state index in [9.17, 15) is 4.79 Å². The van der Waals surface area contributed by atoms with Crippen LogP contribution in [-0.4, -0.2) is 35.6 Å². The van der Waals surface area contributed by atoms with Crippen molar-refractivity contribution in [2.45, 2.75) is 51.6 Å². The Morgan fingerprint density at radius 3 is 2.30 bits per heavy atom. The minimum absolute atomic E-state index is 0.107. The van der Waals surface area contributed by atoms with Crippen LogP contribution in [0.25, 0.3) is 0 Å². The number of benzene rings is 2. The van der Waals surface area contributed by atoms with Gasteiger partial charge in [-0.25, -0.2) is 4.79 Å². The smallest absolute Gasteiger partial charge is 0.319 e. The monoisotopic (exact) mass is 365 g/mol. The molecule has 0 aliphatic carbocycles. The van der Waals surface area contributed by atoms with Crippen molar-refractivity contribution in [3.8, 4) is 0 Å². The molecule has 2 aromatic carbocycles. The van der Waals surface area contributed by atoms with Crippen molar-refractivity contribution in [1.29, 1.82) is 0 Å². The molecule has 3 rings (SSSR count). The van der Waals surface area contributed by atoms with Crippen LogP contribution < -0.4 is 10.6 Å². The van der Waals surface area contributed by atoms with Crippen LogP contribution in [0, 0.1) is 0 Å². The van der Waals surface area contributed by atoms with E-state index in [1.54, 1.807) is 0 Å². The van der Waals surface area contributed by atoms with Crippen molar-refractivity contribution in [3.05, 3.63) is 65.7 Å². The Bertz CT molecular complexity index is 744. The topological polar surface area (TPSA) is 44.4 Å². The summed E-state index contributed by atoms with van der Waals surface area (Å²) in [5, 5.41) is 6.21. The van der Waals surface area contributed by atoms with Gasteiger partial charge >= 0.3 is 6.03 Å². The van der Waals surface area contributed by atoms with Gasteiger partial charge in [-0.1, -0.05) is 48.5 Å². The lowest BCUT2D eigenvalue weighted by molar-refractivity contribution is 0.0983. The fraction of sp³-hybridized carbons (Fsp3) is 0.435. The summed E-state index contributed by atoms with van der Waals surface area (Å²) in [6.45, 7) is 8.80. The SMILES string of the molecule is CC(C)(C)N1CCC(NC(=O)Nc2ccccc2Cc2ccccc2)CC1. The lowest BCUT2D eigenvalue weighted by Crippen LogP contribution is -2.51. The number of urea groups is 1. The molecule has 2 amide bonds. The third kappa shape index (κ3) is 5.57. The first-order valence-electron chi connectivity index (χ1n) is 9.86. The van der Waals surface area contributed by atoms with Crippen LogP contribution in [0.15, 0.2) is 54.6 Å². The number of piperidine rings is 1. The first-order chi connectivity index (χ1) is 12.9. The van der Waals surface area contributed by atoms with Crippen LogP contribution in [0.1, 0.15) is 44.7 Å². The maximum atomic E-state index is 12.5. The summed E-state index contributed by atoms with van der Waals surface area (Å²) in [6.07, 6.45) is 2.80. The summed E-state index contributed by atoms with van der Waals surface area (Å²) >= 11 is 0. The van der Waals surface area contributed by atoms with E-state index in [2.05, 4.69) is 54.5 Å². The number of nitrogens with zero attached hydrogens (tertiary/aromatic N) is 1. The average Bonchev–Trinajstić information content (AvgIpc) is 2.64. The molecule has 0 atom stereocenters. The molecule has 0 aromatic heterocycles. The van der Waals surface area contributed by atoms with Gasteiger partial charge in [0.15, 0.2) is 0 Å². The zero-order valence-corrected chi connectivity index (χ0v) is 16.7. The second kappa shape index (κ2) is 8.57. The number of nitrogens with one attached hydrogen (secondary N) is 2. The molecule has 2 aromatic rings. The summed E-state index contributed by atoms with van der Waals surface area (Å²) in [4.78, 5) is 15.0. The summed E-state index contributed by atoms with van der Waals surface area (Å²) in [5.41, 5.74) is 3.44. The van der Waals surface area contributed by atoms with Crippen LogP contribution in [0.4, 0.5) is 10.5 Å². The van der Waals surface area contributed by atoms with E-state index < -0.39 is 0 Å². The Labute approximate surface area is 163 Å². The highest BCUT2D eigenvalue weighted by atomic mass is 16.2. The molecule has 1 heterocycles. The summed E-state index contributed by atoms with van der Waals surface area (Å²) in [5.74, 6) is 0. The highest BCUT2D eigenvalue weighted by Crippen LogP contribution is 2.21. The number of likely N-dealkylation sites (tertiary alicyclic amines) is 1. The maximum absolute atomic E-state index is 12.5. The van der Waals surface area contributed by atoms with E-state index in [1.165, 1.54) is 5.56 Å². The molecule has 0 spiro atoms. The van der Waals surface area contributed by atoms with E-state index in [-0.39, 0.29) is 17.6 Å². The summed E-state index contributed by atoms with van der Waals surface area (Å²) < 4.78 is 0. The van der Waals surface area contributed by atoms with Gasteiger partial charge in [-0.2, -0.15) is 0 Å². The van der Waals surface area contributed by atoms with Gasteiger partial charge in [-0.15, -0.1) is 0 Å². The normalized spacial score (nSPS) is 16.1. The molecule has 0 radical (unpaired) electrons. The Morgan fingerprint density at radius 1 is 1.00 bits per heavy atom. The number of carbonyl (C=O) groups excluding carboxylic acids is 1. The maximum Gasteiger partial charge on any atom is 0.319 e. The molecule has 144 valence electrons. The molecular weight excluding hydrogens is 334 g/mol. The second-order valence-corrected chi connectivity index (χ2v) is 8.35. The molecule has 27 heavy (non-hydrogen) atoms. The van der Waals surface area contributed by atoms with Crippen LogP contribution in [0.5, 0.6) is 0 Å². The molecule has 2 N–H and O–H groups in total. The number of hydrogen-bond acceptors (Lipinski definition) is 2. The van der Waals surface area contributed by atoms with Gasteiger partial charge in [-0.05, 0) is 57.2 Å². The minimum atomic E-state index is -0.107. The summed E-state index contributed by atoms with van der Waals surface area (Å²) in [7, 11) is 0. The molecular formula is C23H31N3O. The van der Waals surface area contributed by atoms with E-state index in [1.807, 2.05) is 36.4 Å². The predicted octanol–water partition coefficient (Wildman–Crippen LogP) is 4.66. The van der Waals surface area contributed by atoms with E-state index in [0.717, 1.165) is 43.6 Å². The second-order valence-electron chi connectivity index (χ2n) is 8.35. The van der Waals surface area contributed by atoms with Crippen LogP contribution in [0.2, 0.25) is 0 Å². The van der Waals surface area contributed by atoms with Crippen molar-refractivity contribution in [2.75, 3.05) is 18.4 Å². The number of carbonyl (C=O) groups is 1. The fourth-order valence-electron chi connectivity index (χ4n) is 3.65. The number of anilines is 1. The lowest BCUT2D eigenvalue weighted by Gasteiger charge is -2.41. The van der Waals surface area contributed by atoms with Crippen LogP contribution in [0.3, 0.4) is 0 Å². The molecule has 1 aliphatic rings. The number of para-hydroxylation sites is 1. The Balaban J connectivity index is 1.56. The quantitative estimate of drug-likeness (QED) is 0.827. The van der Waals surface area contributed by atoms with Gasteiger partial charge in [0.1, 0.15) is 0 Å². The van der Waals surface area contributed by atoms with Crippen molar-refractivity contribution in [3.63, 3.8) is 0 Å². The molecule has 1 fully saturated rings. The average molecular weight is 366 g/mol. The van der Waals surface area contributed by atoms with Crippen molar-refractivity contribution < 1.29 is 4.79 Å². The summed E-state index contributed by atoms with van der Waals surface area (Å²) in [6, 6.07) is 18.5. The van der Waals surface area contributed by atoms with Gasteiger partial charge in [0, 0.05) is 30.4 Å². The first-order valence-corrected chi connectivity index (χ1v) is 9.86. The van der Waals surface area contributed by atoms with Crippen LogP contribution in [-0.2, 0) is 6.42 Å². The molecule has 1 saturated heterocycles. The standard InChI is InChI=1S/C23H31N3O/c1-23(2,3)26-15-13-20(14-16-26)24-22(27)25-21-12-8-7-11-19(21)17-18-9-5-4-6-10-18/h4-12,20H,13-17H2,1-3H3,(H2,24,25,27). The van der Waals surface area contributed by atoms with E-state index in [4.69, 9.17) is 0 Å². The number of amides is 2. The van der Waals surface area contributed by atoms with Crippen molar-refractivity contribution in [2.24, 2.45) is 0 Å². The van der Waals surface area contributed by atoms with Gasteiger partial charge in [-0.3, -0.25) is 4.90 Å². The Hall–Kier alpha value is -2.33. The van der Waals surface area contributed by atoms with Gasteiger partial charge < -0.3 is 10.6 Å². The highest BCUT2D eigenvalue weighted by Gasteiger charge is 2.27. The molecule has 4 heteroatoms. The number of hydrogen-bond donors (Lipinski definition) is 2. The minimum Gasteiger partial charge on any atom is -0.335 e. The zero-order valence-electron chi connectivity index (χ0n) is 16.7. The Morgan fingerprint density at radius 2 is 1.63 bits per heavy atom. The third-order valence-electron chi connectivity index (χ3n) is 5.28. The van der Waals surface area contributed by atoms with E-state index in [0.29, 0.717) is 0 Å². The van der Waals surface area contributed by atoms with Crippen LogP contribution >= 0.6 is 0 Å². The highest BCUT2D eigenvalue weighted by molar-refractivity contribution is 5.90. The molecule has 1 aliphatic heterocycles. The van der Waals surface area contributed by atoms with E-state index >= 15 is 0 Å². The van der Waals surface area contributed by atoms with Crippen molar-refractivity contribution in [1.82, 2.24) is 10.2 Å². The molecule has 0 unspecified atom stereocenters. The lowest BCUT2D eigenvalue weighted by atomic mass is 9.98. The number of rotatable bonds is 4. The molecule has 0 bridgehead atoms. The molecule has 0 saturated carbocycles. The zero-order chi connectivity index (χ0) is 19.3. The fourth-order valence-corrected chi connectivity index (χ4v) is 3.65. The first kappa shape index (κ1) is 19.4. The van der Waals surface area contributed by atoms with Gasteiger partial charge in [0.25, 0.3) is 0 Å². The predicted molar refractivity (Wildman–Crippen MR) is 112 cm³/mol. The third-order valence-corrected chi connectivity index (χ3v) is 5.28. The Kier molecular flexibility index (Phi) is 6.17. The van der Waals surface area contributed by atoms with Crippen molar-refractivity contribution >= 4 is 11.7 Å². The van der Waals surface area contributed by atoms with Gasteiger partial charge in [0.2, 0.25) is 0 Å².